The van der Waals surface area contributed by atoms with Gasteiger partial charge in [-0.2, -0.15) is 0 Å². The Morgan fingerprint density at radius 2 is 1.93 bits per heavy atom. The van der Waals surface area contributed by atoms with E-state index in [4.69, 9.17) is 4.98 Å². The lowest BCUT2D eigenvalue weighted by Crippen LogP contribution is -2.23. The minimum atomic E-state index is -0.0505. The van der Waals surface area contributed by atoms with E-state index < -0.39 is 0 Å². The molecule has 5 rings (SSSR count). The van der Waals surface area contributed by atoms with Crippen molar-refractivity contribution in [1.29, 1.82) is 0 Å². The van der Waals surface area contributed by atoms with E-state index in [-0.39, 0.29) is 5.91 Å². The second-order valence-corrected chi connectivity index (χ2v) is 7.62. The number of imidazole rings is 1. The van der Waals surface area contributed by atoms with Crippen molar-refractivity contribution in [3.05, 3.63) is 95.7 Å². The number of para-hydroxylation sites is 1. The summed E-state index contributed by atoms with van der Waals surface area (Å²) >= 11 is 0. The van der Waals surface area contributed by atoms with Crippen LogP contribution in [0.5, 0.6) is 0 Å². The molecule has 2 aromatic carbocycles. The van der Waals surface area contributed by atoms with Crippen LogP contribution in [0.1, 0.15) is 45.9 Å². The highest BCUT2D eigenvalue weighted by Crippen LogP contribution is 2.40. The standard InChI is InChI=1S/C24H22N4O/c29-24(21-13-23(19-8-9-19)27-22-7-2-1-6-20(21)22)26-14-17-4-3-5-18(12-17)15-28-11-10-25-16-28/h1-7,10-13,16,19H,8-9,14-15H2,(H,26,29). The van der Waals surface area contributed by atoms with Gasteiger partial charge in [0.1, 0.15) is 0 Å². The molecule has 0 saturated heterocycles. The SMILES string of the molecule is O=C(NCc1cccc(Cn2ccnc2)c1)c1cc(C2CC2)nc2ccccc12. The first-order valence-electron chi connectivity index (χ1n) is 9.98. The molecule has 0 spiro atoms. The number of nitrogens with zero attached hydrogens (tertiary/aromatic N) is 3. The number of fused-ring (bicyclic) bond motifs is 1. The second kappa shape index (κ2) is 7.51. The Bertz CT molecular complexity index is 1160. The molecule has 1 saturated carbocycles. The molecule has 1 fully saturated rings. The first-order chi connectivity index (χ1) is 14.3. The van der Waals surface area contributed by atoms with Crippen molar-refractivity contribution in [2.75, 3.05) is 0 Å². The summed E-state index contributed by atoms with van der Waals surface area (Å²) in [6.07, 6.45) is 7.85. The number of rotatable bonds is 6. The van der Waals surface area contributed by atoms with Crippen molar-refractivity contribution in [3.8, 4) is 0 Å². The molecule has 0 aliphatic heterocycles. The lowest BCUT2D eigenvalue weighted by Gasteiger charge is -2.11. The summed E-state index contributed by atoms with van der Waals surface area (Å²) in [5, 5.41) is 4.00. The average Bonchev–Trinajstić information content (AvgIpc) is 3.49. The minimum absolute atomic E-state index is 0.0505. The smallest absolute Gasteiger partial charge is 0.252 e. The monoisotopic (exact) mass is 382 g/mol. The number of benzene rings is 2. The van der Waals surface area contributed by atoms with Crippen molar-refractivity contribution in [2.45, 2.75) is 31.8 Å². The first kappa shape index (κ1) is 17.6. The van der Waals surface area contributed by atoms with Gasteiger partial charge in [-0.3, -0.25) is 9.78 Å². The average molecular weight is 382 g/mol. The summed E-state index contributed by atoms with van der Waals surface area (Å²) in [6, 6.07) is 18.1. The normalized spacial score (nSPS) is 13.5. The largest absolute Gasteiger partial charge is 0.348 e. The highest BCUT2D eigenvalue weighted by atomic mass is 16.1. The molecule has 0 atom stereocenters. The van der Waals surface area contributed by atoms with Gasteiger partial charge in [-0.15, -0.1) is 0 Å². The third-order valence-electron chi connectivity index (χ3n) is 5.35. The van der Waals surface area contributed by atoms with Crippen molar-refractivity contribution in [1.82, 2.24) is 19.9 Å². The van der Waals surface area contributed by atoms with Gasteiger partial charge in [0.05, 0.1) is 17.4 Å². The predicted molar refractivity (Wildman–Crippen MR) is 113 cm³/mol. The zero-order valence-electron chi connectivity index (χ0n) is 16.1. The summed E-state index contributed by atoms with van der Waals surface area (Å²) < 4.78 is 2.03. The van der Waals surface area contributed by atoms with E-state index >= 15 is 0 Å². The molecule has 0 bridgehead atoms. The Hall–Kier alpha value is -3.47. The number of hydrogen-bond donors (Lipinski definition) is 1. The van der Waals surface area contributed by atoms with E-state index in [1.165, 1.54) is 5.56 Å². The number of aromatic nitrogens is 3. The third kappa shape index (κ3) is 3.90. The molecular weight excluding hydrogens is 360 g/mol. The molecule has 144 valence electrons. The van der Waals surface area contributed by atoms with Crippen LogP contribution in [0.4, 0.5) is 0 Å². The van der Waals surface area contributed by atoms with Crippen LogP contribution in [-0.2, 0) is 13.1 Å². The van der Waals surface area contributed by atoms with Gasteiger partial charge in [-0.25, -0.2) is 4.98 Å². The van der Waals surface area contributed by atoms with Gasteiger partial charge in [0, 0.05) is 42.5 Å². The van der Waals surface area contributed by atoms with E-state index in [2.05, 4.69) is 22.4 Å². The summed E-state index contributed by atoms with van der Waals surface area (Å²) in [4.78, 5) is 21.9. The van der Waals surface area contributed by atoms with E-state index in [1.54, 1.807) is 12.5 Å². The third-order valence-corrected chi connectivity index (χ3v) is 5.35. The van der Waals surface area contributed by atoms with E-state index in [0.717, 1.165) is 41.5 Å². The van der Waals surface area contributed by atoms with E-state index in [0.29, 0.717) is 18.0 Å². The highest BCUT2D eigenvalue weighted by Gasteiger charge is 2.26. The number of pyridine rings is 1. The lowest BCUT2D eigenvalue weighted by atomic mass is 10.0. The summed E-state index contributed by atoms with van der Waals surface area (Å²) in [5.41, 5.74) is 4.91. The Balaban J connectivity index is 1.35. The fourth-order valence-electron chi connectivity index (χ4n) is 3.68. The van der Waals surface area contributed by atoms with Crippen LogP contribution < -0.4 is 5.32 Å². The van der Waals surface area contributed by atoms with Crippen molar-refractivity contribution in [3.63, 3.8) is 0 Å². The minimum Gasteiger partial charge on any atom is -0.348 e. The highest BCUT2D eigenvalue weighted by molar-refractivity contribution is 6.06. The van der Waals surface area contributed by atoms with Crippen LogP contribution in [0, 0.1) is 0 Å². The summed E-state index contributed by atoms with van der Waals surface area (Å²) in [7, 11) is 0. The zero-order chi connectivity index (χ0) is 19.6. The van der Waals surface area contributed by atoms with Crippen LogP contribution in [0.15, 0.2) is 73.3 Å². The Morgan fingerprint density at radius 3 is 2.76 bits per heavy atom. The fourth-order valence-corrected chi connectivity index (χ4v) is 3.68. The predicted octanol–water partition coefficient (Wildman–Crippen LogP) is 4.29. The molecular formula is C24H22N4O. The van der Waals surface area contributed by atoms with Crippen LogP contribution in [-0.4, -0.2) is 20.4 Å². The molecule has 5 nitrogen and oxygen atoms in total. The maximum atomic E-state index is 13.0. The molecule has 29 heavy (non-hydrogen) atoms. The molecule has 4 aromatic rings. The van der Waals surface area contributed by atoms with E-state index in [9.17, 15) is 4.79 Å². The van der Waals surface area contributed by atoms with Gasteiger partial charge in [-0.05, 0) is 36.1 Å². The maximum Gasteiger partial charge on any atom is 0.252 e. The molecule has 2 heterocycles. The summed E-state index contributed by atoms with van der Waals surface area (Å²) in [5.74, 6) is 0.455. The van der Waals surface area contributed by atoms with Gasteiger partial charge in [0.2, 0.25) is 0 Å². The van der Waals surface area contributed by atoms with Gasteiger partial charge < -0.3 is 9.88 Å². The van der Waals surface area contributed by atoms with Gasteiger partial charge >= 0.3 is 0 Å². The molecule has 2 aromatic heterocycles. The molecule has 1 aliphatic carbocycles. The number of amides is 1. The number of carbonyl (C=O) groups is 1. The van der Waals surface area contributed by atoms with Crippen LogP contribution in [0.3, 0.4) is 0 Å². The molecule has 1 aliphatic rings. The number of nitrogens with one attached hydrogen (secondary N) is 1. The van der Waals surface area contributed by atoms with Crippen LogP contribution in [0.2, 0.25) is 0 Å². The molecule has 1 amide bonds. The first-order valence-corrected chi connectivity index (χ1v) is 9.98. The van der Waals surface area contributed by atoms with Crippen molar-refractivity contribution >= 4 is 16.8 Å². The van der Waals surface area contributed by atoms with Crippen molar-refractivity contribution in [2.24, 2.45) is 0 Å². The Labute approximate surface area is 169 Å². The molecule has 0 unspecified atom stereocenters. The lowest BCUT2D eigenvalue weighted by molar-refractivity contribution is 0.0952. The quantitative estimate of drug-likeness (QED) is 0.541. The zero-order valence-corrected chi connectivity index (χ0v) is 16.1. The molecule has 0 radical (unpaired) electrons. The van der Waals surface area contributed by atoms with Gasteiger partial charge in [0.25, 0.3) is 5.91 Å². The Kier molecular flexibility index (Phi) is 4.56. The fraction of sp³-hybridized carbons (Fsp3) is 0.208. The van der Waals surface area contributed by atoms with E-state index in [1.807, 2.05) is 53.2 Å². The molecule has 5 heteroatoms. The number of carbonyl (C=O) groups excluding carboxylic acids is 1. The summed E-state index contributed by atoms with van der Waals surface area (Å²) in [6.45, 7) is 1.26. The van der Waals surface area contributed by atoms with Gasteiger partial charge in [0.15, 0.2) is 0 Å². The van der Waals surface area contributed by atoms with Crippen LogP contribution in [0.25, 0.3) is 10.9 Å². The van der Waals surface area contributed by atoms with Crippen LogP contribution >= 0.6 is 0 Å². The van der Waals surface area contributed by atoms with Gasteiger partial charge in [-0.1, -0.05) is 42.5 Å². The number of hydrogen-bond acceptors (Lipinski definition) is 3. The molecule has 1 N–H and O–H groups in total. The second-order valence-electron chi connectivity index (χ2n) is 7.62. The van der Waals surface area contributed by atoms with Crippen molar-refractivity contribution < 1.29 is 4.79 Å². The topological polar surface area (TPSA) is 59.8 Å². The Morgan fingerprint density at radius 1 is 1.07 bits per heavy atom. The maximum absolute atomic E-state index is 13.0.